The van der Waals surface area contributed by atoms with Crippen molar-refractivity contribution in [3.63, 3.8) is 0 Å². The van der Waals surface area contributed by atoms with Crippen molar-refractivity contribution in [2.75, 3.05) is 14.1 Å². The van der Waals surface area contributed by atoms with E-state index in [0.717, 1.165) is 6.42 Å². The number of allylic oxidation sites excluding steroid dienone is 4. The van der Waals surface area contributed by atoms with Gasteiger partial charge in [-0.1, -0.05) is 0 Å². The minimum Gasteiger partial charge on any atom is -0.668 e. The molecule has 0 atom stereocenters. The number of rotatable bonds is 0. The molecule has 0 heterocycles. The average Bonchev–Trinajstić information content (AvgIpc) is 2.17. The number of hydrogen-bond donors (Lipinski definition) is 0. The molecule has 48 valence electrons. The van der Waals surface area contributed by atoms with Crippen LogP contribution in [0.2, 0.25) is 0 Å². The number of nitrogens with zero attached hydrogens (tertiary/aromatic N) is 1. The van der Waals surface area contributed by atoms with E-state index in [1.54, 1.807) is 14.1 Å². The first kappa shape index (κ1) is 11.9. The molecule has 0 spiro atoms. The van der Waals surface area contributed by atoms with E-state index in [1.807, 2.05) is 12.2 Å². The summed E-state index contributed by atoms with van der Waals surface area (Å²) in [5, 5.41) is 3.50. The Morgan fingerprint density at radius 3 is 2.11 bits per heavy atom. The van der Waals surface area contributed by atoms with Gasteiger partial charge < -0.3 is 5.32 Å². The molecule has 1 rings (SSSR count). The molecule has 0 bridgehead atoms. The van der Waals surface area contributed by atoms with E-state index < -0.39 is 0 Å². The Balaban J connectivity index is 0. The van der Waals surface area contributed by atoms with Crippen molar-refractivity contribution in [3.05, 3.63) is 29.6 Å². The minimum absolute atomic E-state index is 0. The molecule has 0 fully saturated rings. The van der Waals surface area contributed by atoms with E-state index >= 15 is 0 Å². The predicted octanol–water partition coefficient (Wildman–Crippen LogP) is 1.92. The monoisotopic (exact) mass is 157 g/mol. The molecule has 1 aliphatic carbocycles. The second kappa shape index (κ2) is 11.0. The third-order valence-electron chi connectivity index (χ3n) is 0.586. The molecule has 2 heteroatoms. The van der Waals surface area contributed by atoms with E-state index in [0.29, 0.717) is 0 Å². The van der Waals surface area contributed by atoms with Crippen molar-refractivity contribution in [1.82, 2.24) is 0 Å². The molecule has 0 aromatic rings. The van der Waals surface area contributed by atoms with Gasteiger partial charge in [0.15, 0.2) is 0 Å². The Hall–Kier alpha value is 0.154. The van der Waals surface area contributed by atoms with Crippen molar-refractivity contribution < 1.29 is 21.7 Å². The maximum absolute atomic E-state index is 3.50. The van der Waals surface area contributed by atoms with Crippen LogP contribution in [0.1, 0.15) is 6.42 Å². The van der Waals surface area contributed by atoms with E-state index in [9.17, 15) is 0 Å². The molecule has 0 amide bonds. The summed E-state index contributed by atoms with van der Waals surface area (Å²) >= 11 is 0. The fourth-order valence-electron chi connectivity index (χ4n) is 0.340. The van der Waals surface area contributed by atoms with Gasteiger partial charge in [0.1, 0.15) is 0 Å². The van der Waals surface area contributed by atoms with E-state index in [4.69, 9.17) is 0 Å². The van der Waals surface area contributed by atoms with Crippen LogP contribution >= 0.6 is 0 Å². The Morgan fingerprint density at radius 1 is 1.44 bits per heavy atom. The third-order valence-corrected chi connectivity index (χ3v) is 0.586. The summed E-state index contributed by atoms with van der Waals surface area (Å²) in [4.78, 5) is 0. The summed E-state index contributed by atoms with van der Waals surface area (Å²) < 4.78 is 0. The zero-order valence-corrected chi connectivity index (χ0v) is 7.45. The second-order valence-corrected chi connectivity index (χ2v) is 1.45. The Kier molecular flexibility index (Phi) is 14.6. The fraction of sp³-hybridized carbons (Fsp3) is 0.429. The van der Waals surface area contributed by atoms with Crippen LogP contribution in [0, 0.1) is 6.08 Å². The quantitative estimate of drug-likeness (QED) is 0.376. The molecule has 0 radical (unpaired) electrons. The molecule has 1 nitrogen and oxygen atoms in total. The molecule has 1 aliphatic rings. The summed E-state index contributed by atoms with van der Waals surface area (Å²) in [6.45, 7) is 0. The standard InChI is InChI=1S/C5H5.C2H6N.Ti/c1-2-4-5-3-1;1-3-2;/h1-3H,4H2;1-2H3;/q2*-1;+2. The predicted molar refractivity (Wildman–Crippen MR) is 36.8 cm³/mol. The van der Waals surface area contributed by atoms with Crippen molar-refractivity contribution in [1.29, 1.82) is 0 Å². The topological polar surface area (TPSA) is 14.1 Å². The van der Waals surface area contributed by atoms with Gasteiger partial charge in [-0.3, -0.25) is 6.08 Å². The van der Waals surface area contributed by atoms with Gasteiger partial charge in [0, 0.05) is 0 Å². The molecular weight excluding hydrogens is 146 g/mol. The molecule has 0 aromatic heterocycles. The fourth-order valence-corrected chi connectivity index (χ4v) is 0.340. The van der Waals surface area contributed by atoms with Gasteiger partial charge in [-0.2, -0.15) is 20.2 Å². The Bertz CT molecular complexity index is 76.9. The van der Waals surface area contributed by atoms with Crippen molar-refractivity contribution in [2.45, 2.75) is 6.42 Å². The summed E-state index contributed by atoms with van der Waals surface area (Å²) in [7, 11) is 3.50. The van der Waals surface area contributed by atoms with Gasteiger partial charge >= 0.3 is 21.7 Å². The van der Waals surface area contributed by atoms with Gasteiger partial charge in [0.05, 0.1) is 0 Å². The van der Waals surface area contributed by atoms with Crippen LogP contribution in [0.25, 0.3) is 5.32 Å². The average molecular weight is 157 g/mol. The Morgan fingerprint density at radius 2 is 2.00 bits per heavy atom. The van der Waals surface area contributed by atoms with Gasteiger partial charge in [0.25, 0.3) is 0 Å². The number of hydrogen-bond acceptors (Lipinski definition) is 0. The van der Waals surface area contributed by atoms with Crippen LogP contribution in [0.3, 0.4) is 0 Å². The van der Waals surface area contributed by atoms with E-state index in [2.05, 4.69) is 17.5 Å². The smallest absolute Gasteiger partial charge is 0.668 e. The van der Waals surface area contributed by atoms with Crippen LogP contribution in [0.15, 0.2) is 18.2 Å². The minimum atomic E-state index is 0. The van der Waals surface area contributed by atoms with Crippen LogP contribution in [-0.4, -0.2) is 14.1 Å². The van der Waals surface area contributed by atoms with Crippen molar-refractivity contribution >= 4 is 0 Å². The normalized spacial score (nSPS) is 11.8. The zero-order chi connectivity index (χ0) is 6.24. The van der Waals surface area contributed by atoms with Crippen LogP contribution in [-0.2, 0) is 21.7 Å². The van der Waals surface area contributed by atoms with Crippen molar-refractivity contribution in [2.24, 2.45) is 0 Å². The molecule has 0 N–H and O–H groups in total. The van der Waals surface area contributed by atoms with E-state index in [-0.39, 0.29) is 21.7 Å². The van der Waals surface area contributed by atoms with Crippen molar-refractivity contribution in [3.8, 4) is 0 Å². The molecule has 0 aliphatic heterocycles. The summed E-state index contributed by atoms with van der Waals surface area (Å²) in [6.07, 6.45) is 10.0. The molecule has 9 heavy (non-hydrogen) atoms. The SMILES string of the molecule is C[N-]C.[C-]1=CC=CC1.[Ti+2]. The van der Waals surface area contributed by atoms with Crippen LogP contribution < -0.4 is 0 Å². The van der Waals surface area contributed by atoms with E-state index in [1.165, 1.54) is 0 Å². The molecule has 0 aromatic carbocycles. The maximum atomic E-state index is 3.50. The van der Waals surface area contributed by atoms with Gasteiger partial charge in [-0.25, -0.2) is 12.2 Å². The van der Waals surface area contributed by atoms with Crippen LogP contribution in [0.5, 0.6) is 0 Å². The zero-order valence-electron chi connectivity index (χ0n) is 5.89. The Labute approximate surface area is 72.1 Å². The first-order chi connectivity index (χ1) is 3.91. The largest absolute Gasteiger partial charge is 2.00 e. The first-order valence-electron chi connectivity index (χ1n) is 2.61. The molecule has 0 unspecified atom stereocenters. The molecular formula is C7H11NTi. The van der Waals surface area contributed by atoms with Gasteiger partial charge in [-0.15, -0.1) is 6.42 Å². The third kappa shape index (κ3) is 11.6. The second-order valence-electron chi connectivity index (χ2n) is 1.45. The van der Waals surface area contributed by atoms with Gasteiger partial charge in [0.2, 0.25) is 0 Å². The molecule has 0 saturated carbocycles. The summed E-state index contributed by atoms with van der Waals surface area (Å²) in [6, 6.07) is 0. The summed E-state index contributed by atoms with van der Waals surface area (Å²) in [5.41, 5.74) is 0. The maximum Gasteiger partial charge on any atom is 2.00 e. The summed E-state index contributed by atoms with van der Waals surface area (Å²) in [5.74, 6) is 0. The first-order valence-corrected chi connectivity index (χ1v) is 2.61. The van der Waals surface area contributed by atoms with Gasteiger partial charge in [-0.05, 0) is 0 Å². The molecule has 0 saturated heterocycles. The van der Waals surface area contributed by atoms with Crippen LogP contribution in [0.4, 0.5) is 0 Å².